The Morgan fingerprint density at radius 3 is 2.71 bits per heavy atom. The van der Waals surface area contributed by atoms with Crippen molar-refractivity contribution in [3.63, 3.8) is 0 Å². The SMILES string of the molecule is Cc1ccc(-c2ncccn2)c(C(=O)N2CCC[C@@H](C)[C@H]2CCc2ccc(Cl)cn2)n1. The van der Waals surface area contributed by atoms with Crippen LogP contribution in [0.5, 0.6) is 0 Å². The third-order valence-electron chi connectivity index (χ3n) is 5.91. The van der Waals surface area contributed by atoms with Crippen LogP contribution in [0.4, 0.5) is 0 Å². The van der Waals surface area contributed by atoms with E-state index in [1.807, 2.05) is 36.1 Å². The van der Waals surface area contributed by atoms with Crippen LogP contribution in [0.1, 0.15) is 48.1 Å². The second kappa shape index (κ2) is 9.52. The molecule has 3 aromatic heterocycles. The Morgan fingerprint density at radius 1 is 1.16 bits per heavy atom. The first-order chi connectivity index (χ1) is 15.0. The van der Waals surface area contributed by atoms with Gasteiger partial charge in [0.05, 0.1) is 10.6 Å². The van der Waals surface area contributed by atoms with Crippen LogP contribution >= 0.6 is 11.6 Å². The Morgan fingerprint density at radius 2 is 1.97 bits per heavy atom. The third kappa shape index (κ3) is 4.90. The largest absolute Gasteiger partial charge is 0.334 e. The molecule has 160 valence electrons. The van der Waals surface area contributed by atoms with Crippen LogP contribution in [0.3, 0.4) is 0 Å². The van der Waals surface area contributed by atoms with E-state index in [1.165, 1.54) is 0 Å². The van der Waals surface area contributed by atoms with Crippen molar-refractivity contribution in [2.45, 2.75) is 45.6 Å². The molecule has 0 spiro atoms. The summed E-state index contributed by atoms with van der Waals surface area (Å²) in [6.07, 6.45) is 8.79. The first-order valence-corrected chi connectivity index (χ1v) is 11.1. The summed E-state index contributed by atoms with van der Waals surface area (Å²) in [6, 6.07) is 9.50. The number of halogens is 1. The van der Waals surface area contributed by atoms with Crippen molar-refractivity contribution in [1.29, 1.82) is 0 Å². The monoisotopic (exact) mass is 435 g/mol. The third-order valence-corrected chi connectivity index (χ3v) is 6.13. The lowest BCUT2D eigenvalue weighted by Crippen LogP contribution is -2.48. The Labute approximate surface area is 187 Å². The fourth-order valence-electron chi connectivity index (χ4n) is 4.27. The van der Waals surface area contributed by atoms with E-state index in [1.54, 1.807) is 24.7 Å². The van der Waals surface area contributed by atoms with Gasteiger partial charge in [0.2, 0.25) is 0 Å². The molecule has 0 radical (unpaired) electrons. The molecule has 0 N–H and O–H groups in total. The second-order valence-electron chi connectivity index (χ2n) is 8.11. The normalized spacial score (nSPS) is 18.7. The van der Waals surface area contributed by atoms with Gasteiger partial charge < -0.3 is 4.90 Å². The number of hydrogen-bond donors (Lipinski definition) is 0. The van der Waals surface area contributed by atoms with Gasteiger partial charge in [0.1, 0.15) is 5.69 Å². The van der Waals surface area contributed by atoms with Gasteiger partial charge in [0, 0.05) is 42.6 Å². The van der Waals surface area contributed by atoms with Crippen molar-refractivity contribution in [2.75, 3.05) is 6.54 Å². The number of aromatic nitrogens is 4. The summed E-state index contributed by atoms with van der Waals surface area (Å²) in [6.45, 7) is 4.85. The highest BCUT2D eigenvalue weighted by Crippen LogP contribution is 2.30. The summed E-state index contributed by atoms with van der Waals surface area (Å²) in [5.41, 5.74) is 2.89. The molecule has 0 aromatic carbocycles. The summed E-state index contributed by atoms with van der Waals surface area (Å²) in [5.74, 6) is 0.878. The fourth-order valence-corrected chi connectivity index (χ4v) is 4.38. The topological polar surface area (TPSA) is 71.9 Å². The molecule has 6 nitrogen and oxygen atoms in total. The number of piperidine rings is 1. The van der Waals surface area contributed by atoms with Gasteiger partial charge in [-0.1, -0.05) is 18.5 Å². The van der Waals surface area contributed by atoms with Gasteiger partial charge in [-0.3, -0.25) is 9.78 Å². The zero-order valence-electron chi connectivity index (χ0n) is 17.8. The Bertz CT molecular complexity index is 1040. The smallest absolute Gasteiger partial charge is 0.273 e. The predicted octanol–water partition coefficient (Wildman–Crippen LogP) is 4.77. The standard InChI is InChI=1S/C24H26ClN5O/c1-16-5-3-14-30(21(16)11-9-19-8-7-18(25)15-28-19)24(31)22-20(10-6-17(2)29-22)23-26-12-4-13-27-23/h4,6-8,10,12-13,15-16,21H,3,5,9,11,14H2,1-2H3/t16-,21-/m1/s1. The molecule has 0 bridgehead atoms. The second-order valence-corrected chi connectivity index (χ2v) is 8.55. The zero-order chi connectivity index (χ0) is 21.8. The maximum Gasteiger partial charge on any atom is 0.273 e. The van der Waals surface area contributed by atoms with Crippen LogP contribution in [0.15, 0.2) is 48.9 Å². The van der Waals surface area contributed by atoms with E-state index in [0.29, 0.717) is 28.0 Å². The lowest BCUT2D eigenvalue weighted by atomic mass is 9.87. The summed E-state index contributed by atoms with van der Waals surface area (Å²) in [5, 5.41) is 0.632. The number of carbonyl (C=O) groups excluding carboxylic acids is 1. The van der Waals surface area contributed by atoms with Crippen molar-refractivity contribution in [2.24, 2.45) is 5.92 Å². The zero-order valence-corrected chi connectivity index (χ0v) is 18.6. The molecular formula is C24H26ClN5O. The van der Waals surface area contributed by atoms with Gasteiger partial charge in [-0.15, -0.1) is 0 Å². The molecule has 2 atom stereocenters. The molecule has 1 aliphatic rings. The molecule has 3 aromatic rings. The molecule has 4 rings (SSSR count). The molecule has 0 unspecified atom stereocenters. The van der Waals surface area contributed by atoms with Gasteiger partial charge in [-0.25, -0.2) is 15.0 Å². The molecule has 7 heteroatoms. The summed E-state index contributed by atoms with van der Waals surface area (Å²) >= 11 is 5.96. The maximum absolute atomic E-state index is 13.7. The van der Waals surface area contributed by atoms with Crippen molar-refractivity contribution < 1.29 is 4.79 Å². The van der Waals surface area contributed by atoms with Crippen LogP contribution in [-0.4, -0.2) is 43.3 Å². The Kier molecular flexibility index (Phi) is 6.56. The van der Waals surface area contributed by atoms with Gasteiger partial charge in [-0.2, -0.15) is 0 Å². The van der Waals surface area contributed by atoms with E-state index in [-0.39, 0.29) is 11.9 Å². The number of rotatable bonds is 5. The minimum absolute atomic E-state index is 0.0493. The summed E-state index contributed by atoms with van der Waals surface area (Å²) in [4.78, 5) is 33.4. The molecular weight excluding hydrogens is 410 g/mol. The van der Waals surface area contributed by atoms with E-state index in [2.05, 4.69) is 26.9 Å². The Balaban J connectivity index is 1.61. The average molecular weight is 436 g/mol. The first-order valence-electron chi connectivity index (χ1n) is 10.7. The van der Waals surface area contributed by atoms with Crippen molar-refractivity contribution in [1.82, 2.24) is 24.8 Å². The highest BCUT2D eigenvalue weighted by atomic mass is 35.5. The lowest BCUT2D eigenvalue weighted by molar-refractivity contribution is 0.0493. The minimum atomic E-state index is -0.0493. The van der Waals surface area contributed by atoms with Crippen LogP contribution in [-0.2, 0) is 6.42 Å². The predicted molar refractivity (Wildman–Crippen MR) is 121 cm³/mol. The number of carbonyl (C=O) groups is 1. The van der Waals surface area contributed by atoms with Gasteiger partial charge in [0.25, 0.3) is 5.91 Å². The molecule has 4 heterocycles. The van der Waals surface area contributed by atoms with Crippen molar-refractivity contribution >= 4 is 17.5 Å². The molecule has 0 saturated carbocycles. The number of likely N-dealkylation sites (tertiary alicyclic amines) is 1. The van der Waals surface area contributed by atoms with E-state index in [9.17, 15) is 4.79 Å². The highest BCUT2D eigenvalue weighted by Gasteiger charge is 2.34. The molecule has 0 aliphatic carbocycles. The number of hydrogen-bond acceptors (Lipinski definition) is 5. The average Bonchev–Trinajstić information content (AvgIpc) is 2.79. The van der Waals surface area contributed by atoms with Crippen LogP contribution in [0.2, 0.25) is 5.02 Å². The number of nitrogens with zero attached hydrogens (tertiary/aromatic N) is 5. The first kappa shape index (κ1) is 21.4. The van der Waals surface area contributed by atoms with Gasteiger partial charge in [0.15, 0.2) is 5.82 Å². The van der Waals surface area contributed by atoms with Gasteiger partial charge in [-0.05, 0) is 68.9 Å². The Hall–Kier alpha value is -2.86. The van der Waals surface area contributed by atoms with E-state index in [0.717, 1.165) is 43.6 Å². The van der Waals surface area contributed by atoms with Crippen LogP contribution < -0.4 is 0 Å². The van der Waals surface area contributed by atoms with Gasteiger partial charge >= 0.3 is 0 Å². The van der Waals surface area contributed by atoms with Crippen molar-refractivity contribution in [3.05, 3.63) is 71.0 Å². The molecule has 1 fully saturated rings. The van der Waals surface area contributed by atoms with Crippen LogP contribution in [0.25, 0.3) is 11.4 Å². The highest BCUT2D eigenvalue weighted by molar-refractivity contribution is 6.30. The summed E-state index contributed by atoms with van der Waals surface area (Å²) < 4.78 is 0. The maximum atomic E-state index is 13.7. The molecule has 1 amide bonds. The molecule has 1 aliphatic heterocycles. The number of amides is 1. The van der Waals surface area contributed by atoms with Crippen molar-refractivity contribution in [3.8, 4) is 11.4 Å². The van der Waals surface area contributed by atoms with Crippen LogP contribution in [0, 0.1) is 12.8 Å². The van der Waals surface area contributed by atoms with E-state index < -0.39 is 0 Å². The quantitative estimate of drug-likeness (QED) is 0.577. The summed E-state index contributed by atoms with van der Waals surface area (Å²) in [7, 11) is 0. The number of pyridine rings is 2. The van der Waals surface area contributed by atoms with E-state index in [4.69, 9.17) is 11.6 Å². The minimum Gasteiger partial charge on any atom is -0.334 e. The number of aryl methyl sites for hydroxylation is 2. The van der Waals surface area contributed by atoms with E-state index >= 15 is 0 Å². The fraction of sp³-hybridized carbons (Fsp3) is 0.375. The molecule has 31 heavy (non-hydrogen) atoms. The lowest BCUT2D eigenvalue weighted by Gasteiger charge is -2.40. The molecule has 1 saturated heterocycles.